The monoisotopic (exact) mass is 268 g/mol. The molecule has 1 N–H and O–H groups in total. The summed E-state index contributed by atoms with van der Waals surface area (Å²) in [6.45, 7) is 0. The van der Waals surface area contributed by atoms with Gasteiger partial charge in [0.1, 0.15) is 5.82 Å². The van der Waals surface area contributed by atoms with Crippen molar-refractivity contribution in [2.45, 2.75) is 30.8 Å². The van der Waals surface area contributed by atoms with Crippen LogP contribution in [0.1, 0.15) is 35.4 Å². The van der Waals surface area contributed by atoms with Gasteiger partial charge in [-0.3, -0.25) is 0 Å². The van der Waals surface area contributed by atoms with Gasteiger partial charge in [-0.25, -0.2) is 4.39 Å². The second-order valence-corrected chi connectivity index (χ2v) is 6.09. The molecule has 0 spiro atoms. The minimum Gasteiger partial charge on any atom is -0.385 e. The van der Waals surface area contributed by atoms with Gasteiger partial charge in [-0.15, -0.1) is 0 Å². The summed E-state index contributed by atoms with van der Waals surface area (Å²) < 4.78 is 13.3. The molecule has 20 heavy (non-hydrogen) atoms. The van der Waals surface area contributed by atoms with Gasteiger partial charge in [-0.05, 0) is 59.9 Å². The second kappa shape index (κ2) is 4.16. The lowest BCUT2D eigenvalue weighted by Gasteiger charge is -2.24. The fourth-order valence-corrected chi connectivity index (χ4v) is 3.83. The van der Waals surface area contributed by atoms with Gasteiger partial charge in [0.05, 0.1) is 5.60 Å². The number of aryl methyl sites for hydroxylation is 1. The zero-order valence-corrected chi connectivity index (χ0v) is 11.2. The minimum absolute atomic E-state index is 0.205. The first-order chi connectivity index (χ1) is 9.68. The first-order valence-electron chi connectivity index (χ1n) is 7.25. The molecule has 0 amide bonds. The van der Waals surface area contributed by atoms with Crippen molar-refractivity contribution in [1.82, 2.24) is 0 Å². The van der Waals surface area contributed by atoms with Crippen LogP contribution < -0.4 is 0 Å². The summed E-state index contributed by atoms with van der Waals surface area (Å²) in [5.74, 6) is 0.511. The third-order valence-corrected chi connectivity index (χ3v) is 4.94. The Kier molecular flexibility index (Phi) is 2.52. The van der Waals surface area contributed by atoms with E-state index in [0.717, 1.165) is 30.4 Å². The summed E-state index contributed by atoms with van der Waals surface area (Å²) in [5, 5.41) is 11.1. The van der Waals surface area contributed by atoms with Crippen molar-refractivity contribution in [2.75, 3.05) is 0 Å². The number of rotatable bonds is 2. The molecule has 2 aromatic carbocycles. The Morgan fingerprint density at radius 3 is 2.70 bits per heavy atom. The number of hydrogen-bond donors (Lipinski definition) is 1. The highest BCUT2D eigenvalue weighted by atomic mass is 19.1. The van der Waals surface area contributed by atoms with Crippen molar-refractivity contribution < 1.29 is 9.50 Å². The predicted octanol–water partition coefficient (Wildman–Crippen LogP) is 3.76. The Morgan fingerprint density at radius 1 is 1.10 bits per heavy atom. The molecule has 1 fully saturated rings. The minimum atomic E-state index is -0.760. The number of aliphatic hydroxyl groups is 1. The van der Waals surface area contributed by atoms with Crippen LogP contribution >= 0.6 is 0 Å². The molecule has 0 heterocycles. The van der Waals surface area contributed by atoms with E-state index in [4.69, 9.17) is 0 Å². The molecule has 0 bridgehead atoms. The van der Waals surface area contributed by atoms with Crippen LogP contribution in [0, 0.1) is 11.7 Å². The Labute approximate surface area is 118 Å². The Morgan fingerprint density at radius 2 is 1.90 bits per heavy atom. The van der Waals surface area contributed by atoms with Crippen molar-refractivity contribution in [3.63, 3.8) is 0 Å². The summed E-state index contributed by atoms with van der Waals surface area (Å²) in [6, 6.07) is 15.2. The molecule has 2 aliphatic rings. The topological polar surface area (TPSA) is 20.2 Å². The van der Waals surface area contributed by atoms with E-state index in [0.29, 0.717) is 5.92 Å². The highest BCUT2D eigenvalue weighted by Gasteiger charge is 2.55. The lowest BCUT2D eigenvalue weighted by atomic mass is 9.88. The van der Waals surface area contributed by atoms with Crippen LogP contribution in [0.4, 0.5) is 4.39 Å². The van der Waals surface area contributed by atoms with Crippen molar-refractivity contribution in [2.24, 2.45) is 5.92 Å². The van der Waals surface area contributed by atoms with E-state index in [1.807, 2.05) is 18.2 Å². The molecule has 2 aliphatic carbocycles. The summed E-state index contributed by atoms with van der Waals surface area (Å²) in [4.78, 5) is 0. The van der Waals surface area contributed by atoms with Gasteiger partial charge in [0, 0.05) is 0 Å². The Balaban J connectivity index is 1.65. The standard InChI is InChI=1S/C18H17FO/c19-14-6-7-16-13(10-14)8-9-18(16,20)17-11-15(17)12-4-2-1-3-5-12/h1-7,10,15,17,20H,8-9,11H2. The van der Waals surface area contributed by atoms with Crippen LogP contribution in [0.15, 0.2) is 48.5 Å². The Bertz CT molecular complexity index is 652. The van der Waals surface area contributed by atoms with Crippen molar-refractivity contribution >= 4 is 0 Å². The number of benzene rings is 2. The normalized spacial score (nSPS) is 31.1. The smallest absolute Gasteiger partial charge is 0.123 e. The van der Waals surface area contributed by atoms with Gasteiger partial charge in [0.2, 0.25) is 0 Å². The third kappa shape index (κ3) is 1.71. The van der Waals surface area contributed by atoms with Crippen LogP contribution in [0.2, 0.25) is 0 Å². The third-order valence-electron chi connectivity index (χ3n) is 4.94. The number of hydrogen-bond acceptors (Lipinski definition) is 1. The lowest BCUT2D eigenvalue weighted by molar-refractivity contribution is 0.0129. The molecule has 4 rings (SSSR count). The molecule has 0 aromatic heterocycles. The van der Waals surface area contributed by atoms with Crippen LogP contribution in [0.3, 0.4) is 0 Å². The molecule has 1 saturated carbocycles. The van der Waals surface area contributed by atoms with E-state index in [2.05, 4.69) is 12.1 Å². The molecule has 0 saturated heterocycles. The van der Waals surface area contributed by atoms with Crippen molar-refractivity contribution in [3.05, 3.63) is 71.0 Å². The van der Waals surface area contributed by atoms with E-state index in [9.17, 15) is 9.50 Å². The molecular weight excluding hydrogens is 251 g/mol. The quantitative estimate of drug-likeness (QED) is 0.879. The van der Waals surface area contributed by atoms with Gasteiger partial charge in [-0.2, -0.15) is 0 Å². The highest BCUT2D eigenvalue weighted by molar-refractivity contribution is 5.41. The van der Waals surface area contributed by atoms with Crippen LogP contribution in [-0.2, 0) is 12.0 Å². The molecule has 2 aromatic rings. The molecule has 0 aliphatic heterocycles. The average Bonchev–Trinajstić information content (AvgIpc) is 3.21. The van der Waals surface area contributed by atoms with E-state index in [-0.39, 0.29) is 11.7 Å². The average molecular weight is 268 g/mol. The van der Waals surface area contributed by atoms with Gasteiger partial charge in [0.15, 0.2) is 0 Å². The first kappa shape index (κ1) is 12.1. The van der Waals surface area contributed by atoms with Gasteiger partial charge >= 0.3 is 0 Å². The summed E-state index contributed by atoms with van der Waals surface area (Å²) in [7, 11) is 0. The van der Waals surface area contributed by atoms with E-state index >= 15 is 0 Å². The Hall–Kier alpha value is -1.67. The lowest BCUT2D eigenvalue weighted by Crippen LogP contribution is -2.25. The molecule has 0 radical (unpaired) electrons. The zero-order valence-electron chi connectivity index (χ0n) is 11.2. The molecule has 2 heteroatoms. The highest BCUT2D eigenvalue weighted by Crippen LogP contribution is 2.60. The maximum absolute atomic E-state index is 13.3. The SMILES string of the molecule is OC1(C2CC2c2ccccc2)CCc2cc(F)ccc21. The molecule has 102 valence electrons. The van der Waals surface area contributed by atoms with Gasteiger partial charge in [-0.1, -0.05) is 36.4 Å². The van der Waals surface area contributed by atoms with E-state index in [1.165, 1.54) is 11.6 Å². The maximum Gasteiger partial charge on any atom is 0.123 e. The van der Waals surface area contributed by atoms with Crippen molar-refractivity contribution in [3.8, 4) is 0 Å². The fourth-order valence-electron chi connectivity index (χ4n) is 3.83. The molecule has 3 atom stereocenters. The maximum atomic E-state index is 13.3. The van der Waals surface area contributed by atoms with Crippen LogP contribution in [0.25, 0.3) is 0 Å². The molecule has 1 nitrogen and oxygen atoms in total. The summed E-state index contributed by atoms with van der Waals surface area (Å²) >= 11 is 0. The molecular formula is C18H17FO. The molecule has 3 unspecified atom stereocenters. The van der Waals surface area contributed by atoms with E-state index < -0.39 is 5.60 Å². The van der Waals surface area contributed by atoms with Gasteiger partial charge < -0.3 is 5.11 Å². The number of fused-ring (bicyclic) bond motifs is 1. The predicted molar refractivity (Wildman–Crippen MR) is 75.9 cm³/mol. The fraction of sp³-hybridized carbons (Fsp3) is 0.333. The second-order valence-electron chi connectivity index (χ2n) is 6.09. The van der Waals surface area contributed by atoms with Gasteiger partial charge in [0.25, 0.3) is 0 Å². The van der Waals surface area contributed by atoms with Crippen LogP contribution in [-0.4, -0.2) is 5.11 Å². The van der Waals surface area contributed by atoms with Crippen LogP contribution in [0.5, 0.6) is 0 Å². The van der Waals surface area contributed by atoms with E-state index in [1.54, 1.807) is 12.1 Å². The van der Waals surface area contributed by atoms with Crippen molar-refractivity contribution in [1.29, 1.82) is 0 Å². The summed E-state index contributed by atoms with van der Waals surface area (Å²) in [6.07, 6.45) is 2.53. The summed E-state index contributed by atoms with van der Waals surface area (Å²) in [5.41, 5.74) is 2.47. The first-order valence-corrected chi connectivity index (χ1v) is 7.25. The largest absolute Gasteiger partial charge is 0.385 e. The number of halogens is 1. The zero-order chi connectivity index (χ0) is 13.7.